The van der Waals surface area contributed by atoms with Crippen molar-refractivity contribution >= 4 is 43.4 Å². The van der Waals surface area contributed by atoms with Gasteiger partial charge in [-0.05, 0) is 85.6 Å². The van der Waals surface area contributed by atoms with Crippen LogP contribution in [0.1, 0.15) is 0 Å². The van der Waals surface area contributed by atoms with E-state index in [-0.39, 0.29) is 49.2 Å². The quantitative estimate of drug-likeness (QED) is 0.203. The molecule has 0 spiro atoms. The molecular formula is C48H30Li2N4O2+2. The number of H-pyrrole nitrogens is 2. The average Bonchev–Trinajstić information content (AvgIpc) is 3.24. The third-order valence-electron chi connectivity index (χ3n) is 10.3. The molecule has 10 aromatic rings. The van der Waals surface area contributed by atoms with Gasteiger partial charge in [0.1, 0.15) is 0 Å². The van der Waals surface area contributed by atoms with Gasteiger partial charge in [-0.2, -0.15) is 0 Å². The maximum absolute atomic E-state index is 14.5. The SMILES string of the molecule is [Li+].[Li+].[O-]c1c(-c2c3ccccc3c(-c3ccc([O-])c4[nH+]cccc34)c3ccc(-c4cc(-c5ccccc5)nc(-c5ccccc5)n4)cc23)ccc2ccc[nH+]c12. The molecule has 0 aliphatic rings. The first-order chi connectivity index (χ1) is 26.6. The third-order valence-corrected chi connectivity index (χ3v) is 10.3. The molecule has 3 heterocycles. The molecule has 0 fully saturated rings. The number of benzene rings is 7. The van der Waals surface area contributed by atoms with E-state index < -0.39 is 0 Å². The number of aromatic amines is 2. The summed E-state index contributed by atoms with van der Waals surface area (Å²) in [6.45, 7) is 0. The van der Waals surface area contributed by atoms with E-state index in [0.29, 0.717) is 22.4 Å². The van der Waals surface area contributed by atoms with Crippen LogP contribution in [0.15, 0.2) is 170 Å². The molecule has 2 N–H and O–H groups in total. The number of hydrogen-bond donors (Lipinski definition) is 0. The fourth-order valence-corrected chi connectivity index (χ4v) is 7.77. The Hall–Kier alpha value is -6.25. The number of hydrogen-bond acceptors (Lipinski definition) is 4. The minimum Gasteiger partial charge on any atom is -0.868 e. The maximum Gasteiger partial charge on any atom is 1.00 e. The van der Waals surface area contributed by atoms with E-state index >= 15 is 0 Å². The summed E-state index contributed by atoms with van der Waals surface area (Å²) in [6, 6.07) is 52.0. The molecule has 10 rings (SSSR count). The molecule has 8 heteroatoms. The maximum atomic E-state index is 14.5. The first kappa shape index (κ1) is 36.7. The van der Waals surface area contributed by atoms with Crippen LogP contribution in [-0.4, -0.2) is 9.97 Å². The summed E-state index contributed by atoms with van der Waals surface area (Å²) in [7, 11) is 0. The number of nitrogens with one attached hydrogen (secondary N) is 2. The van der Waals surface area contributed by atoms with Gasteiger partial charge < -0.3 is 10.2 Å². The van der Waals surface area contributed by atoms with Crippen molar-refractivity contribution in [2.45, 2.75) is 0 Å². The smallest absolute Gasteiger partial charge is 0.868 e. The van der Waals surface area contributed by atoms with Crippen LogP contribution < -0.4 is 57.9 Å². The molecule has 0 saturated heterocycles. The standard InChI is InChI=1S/C48H30N4O2.2Li/c53-42-24-23-35(37-18-10-26-50-46(37)42)43-33-16-7-8-17-34(33)44(38-22-19-30-15-9-25-49-45(30)47(38)54)39-27-32(20-21-36(39)43)41-28-40(29-11-3-1-4-12-29)51-48(52-41)31-13-5-2-6-14-31;;/h1-28,53-54H;;/q;2*+1. The van der Waals surface area contributed by atoms with Crippen LogP contribution in [0.25, 0.3) is 99.5 Å². The van der Waals surface area contributed by atoms with E-state index in [9.17, 15) is 10.2 Å². The van der Waals surface area contributed by atoms with Crippen LogP contribution >= 0.6 is 0 Å². The second-order valence-electron chi connectivity index (χ2n) is 13.4. The summed E-state index contributed by atoms with van der Waals surface area (Å²) in [4.78, 5) is 16.5. The molecule has 0 radical (unpaired) electrons. The summed E-state index contributed by atoms with van der Waals surface area (Å²) < 4.78 is 0. The Kier molecular flexibility index (Phi) is 9.91. The van der Waals surface area contributed by atoms with Crippen molar-refractivity contribution in [2.24, 2.45) is 0 Å². The Morgan fingerprint density at radius 3 is 1.71 bits per heavy atom. The Morgan fingerprint density at radius 1 is 0.411 bits per heavy atom. The van der Waals surface area contributed by atoms with E-state index in [0.717, 1.165) is 77.1 Å². The topological polar surface area (TPSA) is 100 Å². The molecule has 254 valence electrons. The summed E-state index contributed by atoms with van der Waals surface area (Å²) in [5.74, 6) is 0.476. The zero-order chi connectivity index (χ0) is 36.2. The number of aromatic nitrogens is 4. The van der Waals surface area contributed by atoms with E-state index in [2.05, 4.69) is 52.4 Å². The average molecular weight is 709 g/mol. The Bertz CT molecular complexity index is 3030. The Balaban J connectivity index is 0.00000220. The fourth-order valence-electron chi connectivity index (χ4n) is 7.77. The van der Waals surface area contributed by atoms with E-state index in [1.807, 2.05) is 109 Å². The van der Waals surface area contributed by atoms with Crippen molar-refractivity contribution in [3.8, 4) is 67.7 Å². The largest absolute Gasteiger partial charge is 1.00 e. The van der Waals surface area contributed by atoms with Gasteiger partial charge in [0, 0.05) is 34.2 Å². The van der Waals surface area contributed by atoms with Gasteiger partial charge in [0.2, 0.25) is 11.0 Å². The summed E-state index contributed by atoms with van der Waals surface area (Å²) in [5, 5.41) is 32.9. The van der Waals surface area contributed by atoms with Gasteiger partial charge in [0.25, 0.3) is 0 Å². The van der Waals surface area contributed by atoms with Crippen molar-refractivity contribution in [2.75, 3.05) is 0 Å². The number of nitrogens with zero attached hydrogens (tertiary/aromatic N) is 2. The fraction of sp³-hybridized carbons (Fsp3) is 0. The van der Waals surface area contributed by atoms with Crippen LogP contribution in [0.2, 0.25) is 0 Å². The van der Waals surface area contributed by atoms with Crippen LogP contribution in [0, 0.1) is 0 Å². The Labute approximate surface area is 347 Å². The van der Waals surface area contributed by atoms with Crippen molar-refractivity contribution < 1.29 is 57.9 Å². The molecular weight excluding hydrogens is 678 g/mol. The molecule has 56 heavy (non-hydrogen) atoms. The monoisotopic (exact) mass is 708 g/mol. The van der Waals surface area contributed by atoms with Crippen LogP contribution in [-0.2, 0) is 0 Å². The zero-order valence-corrected chi connectivity index (χ0v) is 30.9. The minimum absolute atomic E-state index is 0. The molecule has 7 aromatic carbocycles. The normalized spacial score (nSPS) is 11.1. The van der Waals surface area contributed by atoms with Crippen LogP contribution in [0.4, 0.5) is 0 Å². The van der Waals surface area contributed by atoms with Gasteiger partial charge in [-0.15, -0.1) is 0 Å². The molecule has 0 saturated carbocycles. The predicted molar refractivity (Wildman–Crippen MR) is 211 cm³/mol. The van der Waals surface area contributed by atoms with Gasteiger partial charge in [-0.3, -0.25) is 0 Å². The first-order valence-electron chi connectivity index (χ1n) is 17.8. The molecule has 0 atom stereocenters. The summed E-state index contributed by atoms with van der Waals surface area (Å²) in [6.07, 6.45) is 3.57. The second-order valence-corrected chi connectivity index (χ2v) is 13.4. The van der Waals surface area contributed by atoms with Crippen molar-refractivity contribution in [1.29, 1.82) is 0 Å². The molecule has 0 amide bonds. The third kappa shape index (κ3) is 6.20. The van der Waals surface area contributed by atoms with E-state index in [4.69, 9.17) is 9.97 Å². The summed E-state index contributed by atoms with van der Waals surface area (Å²) >= 11 is 0. The van der Waals surface area contributed by atoms with Gasteiger partial charge in [0.15, 0.2) is 18.2 Å². The van der Waals surface area contributed by atoms with Gasteiger partial charge in [0.05, 0.1) is 16.8 Å². The molecule has 0 aliphatic carbocycles. The van der Waals surface area contributed by atoms with Crippen LogP contribution in [0.3, 0.4) is 0 Å². The first-order valence-corrected chi connectivity index (χ1v) is 17.8. The molecule has 0 bridgehead atoms. The molecule has 3 aromatic heterocycles. The van der Waals surface area contributed by atoms with E-state index in [1.165, 1.54) is 0 Å². The number of pyridine rings is 2. The zero-order valence-electron chi connectivity index (χ0n) is 30.9. The van der Waals surface area contributed by atoms with Crippen LogP contribution in [0.5, 0.6) is 11.5 Å². The molecule has 0 aliphatic heterocycles. The van der Waals surface area contributed by atoms with Crippen molar-refractivity contribution in [3.63, 3.8) is 0 Å². The summed E-state index contributed by atoms with van der Waals surface area (Å²) in [5.41, 5.74) is 8.80. The van der Waals surface area contributed by atoms with Gasteiger partial charge >= 0.3 is 37.7 Å². The number of rotatable bonds is 5. The second kappa shape index (κ2) is 15.1. The minimum atomic E-state index is -0.0757. The van der Waals surface area contributed by atoms with E-state index in [1.54, 1.807) is 18.5 Å². The molecule has 6 nitrogen and oxygen atoms in total. The van der Waals surface area contributed by atoms with Gasteiger partial charge in [-0.25, -0.2) is 19.9 Å². The predicted octanol–water partition coefficient (Wildman–Crippen LogP) is 3.21. The number of fused-ring (bicyclic) bond motifs is 4. The Morgan fingerprint density at radius 2 is 0.982 bits per heavy atom. The van der Waals surface area contributed by atoms with Gasteiger partial charge in [-0.1, -0.05) is 115 Å². The van der Waals surface area contributed by atoms with Crippen molar-refractivity contribution in [1.82, 2.24) is 9.97 Å². The van der Waals surface area contributed by atoms with Crippen molar-refractivity contribution in [3.05, 3.63) is 170 Å². The molecule has 0 unspecified atom stereocenters.